The Balaban J connectivity index is 2.59. The smallest absolute Gasteiger partial charge is 0.338 e. The first kappa shape index (κ1) is 13.7. The van der Waals surface area contributed by atoms with Gasteiger partial charge in [0.2, 0.25) is 0 Å². The highest BCUT2D eigenvalue weighted by atomic mass is 16.6. The van der Waals surface area contributed by atoms with Crippen molar-refractivity contribution < 1.29 is 14.5 Å². The van der Waals surface area contributed by atoms with Gasteiger partial charge in [-0.3, -0.25) is 10.1 Å². The standard InChI is InChI=1S/C15H13NO4/c1-10-4-3-5-11(8-10)13-7-6-12(15(17)20-2)9-14(13)16(18)19/h3-9H,1-2H3. The molecule has 0 fully saturated rings. The molecule has 5 heteroatoms. The molecule has 0 bridgehead atoms. The number of ether oxygens (including phenoxy) is 1. The average molecular weight is 271 g/mol. The maximum absolute atomic E-state index is 11.4. The first-order valence-electron chi connectivity index (χ1n) is 5.96. The van der Waals surface area contributed by atoms with E-state index in [2.05, 4.69) is 4.74 Å². The molecule has 102 valence electrons. The summed E-state index contributed by atoms with van der Waals surface area (Å²) in [5, 5.41) is 11.2. The van der Waals surface area contributed by atoms with Gasteiger partial charge >= 0.3 is 5.97 Å². The van der Waals surface area contributed by atoms with Crippen molar-refractivity contribution in [2.45, 2.75) is 6.92 Å². The van der Waals surface area contributed by atoms with E-state index < -0.39 is 10.9 Å². The fourth-order valence-corrected chi connectivity index (χ4v) is 1.98. The Morgan fingerprint density at radius 3 is 2.55 bits per heavy atom. The van der Waals surface area contributed by atoms with Crippen molar-refractivity contribution in [3.63, 3.8) is 0 Å². The number of nitrogens with zero attached hydrogens (tertiary/aromatic N) is 1. The minimum atomic E-state index is -0.594. The van der Waals surface area contributed by atoms with Crippen molar-refractivity contribution in [3.8, 4) is 11.1 Å². The summed E-state index contributed by atoms with van der Waals surface area (Å²) >= 11 is 0. The number of esters is 1. The van der Waals surface area contributed by atoms with E-state index in [1.54, 1.807) is 12.1 Å². The number of aryl methyl sites for hydroxylation is 1. The van der Waals surface area contributed by atoms with Crippen LogP contribution in [0.2, 0.25) is 0 Å². The van der Waals surface area contributed by atoms with Crippen LogP contribution in [0.15, 0.2) is 42.5 Å². The SMILES string of the molecule is COC(=O)c1ccc(-c2cccc(C)c2)c([N+](=O)[O-])c1. The van der Waals surface area contributed by atoms with Gasteiger partial charge in [-0.05, 0) is 24.6 Å². The van der Waals surface area contributed by atoms with E-state index in [-0.39, 0.29) is 11.3 Å². The minimum Gasteiger partial charge on any atom is -0.465 e. The molecule has 0 saturated heterocycles. The van der Waals surface area contributed by atoms with Crippen LogP contribution in [-0.2, 0) is 4.74 Å². The Hall–Kier alpha value is -2.69. The Morgan fingerprint density at radius 1 is 1.20 bits per heavy atom. The Bertz CT molecular complexity index is 679. The number of carbonyl (C=O) groups excluding carboxylic acids is 1. The fourth-order valence-electron chi connectivity index (χ4n) is 1.98. The Labute approximate surface area is 116 Å². The van der Waals surface area contributed by atoms with Crippen molar-refractivity contribution in [1.29, 1.82) is 0 Å². The molecule has 0 unspecified atom stereocenters. The third kappa shape index (κ3) is 2.66. The van der Waals surface area contributed by atoms with Gasteiger partial charge in [0.1, 0.15) is 0 Å². The summed E-state index contributed by atoms with van der Waals surface area (Å²) in [4.78, 5) is 22.1. The molecular weight excluding hydrogens is 258 g/mol. The van der Waals surface area contributed by atoms with Crippen LogP contribution < -0.4 is 0 Å². The number of nitro benzene ring substituents is 1. The third-order valence-corrected chi connectivity index (χ3v) is 2.94. The number of nitro groups is 1. The second-order valence-electron chi connectivity index (χ2n) is 4.35. The molecule has 2 aromatic rings. The molecule has 20 heavy (non-hydrogen) atoms. The molecule has 0 N–H and O–H groups in total. The maximum atomic E-state index is 11.4. The van der Waals surface area contributed by atoms with E-state index in [0.29, 0.717) is 5.56 Å². The van der Waals surface area contributed by atoms with Crippen LogP contribution >= 0.6 is 0 Å². The third-order valence-electron chi connectivity index (χ3n) is 2.94. The van der Waals surface area contributed by atoms with E-state index in [1.807, 2.05) is 25.1 Å². The van der Waals surface area contributed by atoms with Crippen molar-refractivity contribution in [3.05, 3.63) is 63.7 Å². The number of hydrogen-bond donors (Lipinski definition) is 0. The molecule has 0 radical (unpaired) electrons. The Morgan fingerprint density at radius 2 is 1.95 bits per heavy atom. The van der Waals surface area contributed by atoms with Gasteiger partial charge in [-0.2, -0.15) is 0 Å². The summed E-state index contributed by atoms with van der Waals surface area (Å²) in [5.41, 5.74) is 2.28. The lowest BCUT2D eigenvalue weighted by Crippen LogP contribution is -2.03. The van der Waals surface area contributed by atoms with Gasteiger partial charge in [-0.1, -0.05) is 29.8 Å². The van der Waals surface area contributed by atoms with Crippen LogP contribution in [0.25, 0.3) is 11.1 Å². The van der Waals surface area contributed by atoms with Crippen molar-refractivity contribution in [2.24, 2.45) is 0 Å². The normalized spacial score (nSPS) is 10.1. The molecule has 0 spiro atoms. The summed E-state index contributed by atoms with van der Waals surface area (Å²) in [7, 11) is 1.24. The summed E-state index contributed by atoms with van der Waals surface area (Å²) < 4.78 is 4.57. The van der Waals surface area contributed by atoms with E-state index >= 15 is 0 Å². The summed E-state index contributed by atoms with van der Waals surface area (Å²) in [5.74, 6) is -0.594. The van der Waals surface area contributed by atoms with Crippen LogP contribution in [0.3, 0.4) is 0 Å². The maximum Gasteiger partial charge on any atom is 0.338 e. The summed E-state index contributed by atoms with van der Waals surface area (Å²) in [6, 6.07) is 11.7. The molecule has 0 amide bonds. The highest BCUT2D eigenvalue weighted by Crippen LogP contribution is 2.31. The zero-order chi connectivity index (χ0) is 14.7. The van der Waals surface area contributed by atoms with Crippen molar-refractivity contribution in [1.82, 2.24) is 0 Å². The number of hydrogen-bond acceptors (Lipinski definition) is 4. The molecule has 0 aliphatic heterocycles. The lowest BCUT2D eigenvalue weighted by molar-refractivity contribution is -0.384. The van der Waals surface area contributed by atoms with Crippen LogP contribution in [0, 0.1) is 17.0 Å². The van der Waals surface area contributed by atoms with Crippen LogP contribution in [0.4, 0.5) is 5.69 Å². The van der Waals surface area contributed by atoms with Gasteiger partial charge < -0.3 is 4.74 Å². The molecule has 0 atom stereocenters. The van der Waals surface area contributed by atoms with E-state index in [0.717, 1.165) is 11.1 Å². The van der Waals surface area contributed by atoms with E-state index in [9.17, 15) is 14.9 Å². The van der Waals surface area contributed by atoms with Crippen LogP contribution in [0.5, 0.6) is 0 Å². The zero-order valence-corrected chi connectivity index (χ0v) is 11.1. The predicted molar refractivity (Wildman–Crippen MR) is 74.6 cm³/mol. The summed E-state index contributed by atoms with van der Waals surface area (Å²) in [6.45, 7) is 1.91. The van der Waals surface area contributed by atoms with Crippen molar-refractivity contribution >= 4 is 11.7 Å². The fraction of sp³-hybridized carbons (Fsp3) is 0.133. The van der Waals surface area contributed by atoms with Gasteiger partial charge in [0.05, 0.1) is 23.2 Å². The van der Waals surface area contributed by atoms with E-state index in [1.165, 1.54) is 19.2 Å². The first-order valence-corrected chi connectivity index (χ1v) is 5.96. The Kier molecular flexibility index (Phi) is 3.79. The van der Waals surface area contributed by atoms with Gasteiger partial charge in [0, 0.05) is 6.07 Å². The molecule has 0 aliphatic carbocycles. The predicted octanol–water partition coefficient (Wildman–Crippen LogP) is 3.36. The minimum absolute atomic E-state index is 0.112. The highest BCUT2D eigenvalue weighted by Gasteiger charge is 2.19. The second kappa shape index (κ2) is 5.52. The topological polar surface area (TPSA) is 69.4 Å². The summed E-state index contributed by atoms with van der Waals surface area (Å²) in [6.07, 6.45) is 0. The lowest BCUT2D eigenvalue weighted by atomic mass is 10.00. The van der Waals surface area contributed by atoms with Gasteiger partial charge in [-0.15, -0.1) is 0 Å². The quantitative estimate of drug-likeness (QED) is 0.487. The van der Waals surface area contributed by atoms with E-state index in [4.69, 9.17) is 0 Å². The first-order chi connectivity index (χ1) is 9.52. The molecule has 0 heterocycles. The molecule has 2 aromatic carbocycles. The molecule has 0 aromatic heterocycles. The number of rotatable bonds is 3. The second-order valence-corrected chi connectivity index (χ2v) is 4.35. The molecule has 0 saturated carbocycles. The highest BCUT2D eigenvalue weighted by molar-refractivity contribution is 5.92. The monoisotopic (exact) mass is 271 g/mol. The zero-order valence-electron chi connectivity index (χ0n) is 11.1. The molecular formula is C15H13NO4. The molecule has 2 rings (SSSR count). The molecule has 5 nitrogen and oxygen atoms in total. The number of carbonyl (C=O) groups is 1. The van der Waals surface area contributed by atoms with Gasteiger partial charge in [0.15, 0.2) is 0 Å². The van der Waals surface area contributed by atoms with Crippen LogP contribution in [0.1, 0.15) is 15.9 Å². The average Bonchev–Trinajstić information content (AvgIpc) is 2.45. The molecule has 0 aliphatic rings. The lowest BCUT2D eigenvalue weighted by Gasteiger charge is -2.06. The largest absolute Gasteiger partial charge is 0.465 e. The number of methoxy groups -OCH3 is 1. The van der Waals surface area contributed by atoms with Gasteiger partial charge in [-0.25, -0.2) is 4.79 Å². The van der Waals surface area contributed by atoms with Gasteiger partial charge in [0.25, 0.3) is 5.69 Å². The van der Waals surface area contributed by atoms with Crippen molar-refractivity contribution in [2.75, 3.05) is 7.11 Å². The van der Waals surface area contributed by atoms with Crippen LogP contribution in [-0.4, -0.2) is 18.0 Å². The number of benzene rings is 2.